The van der Waals surface area contributed by atoms with Crippen LogP contribution in [0.1, 0.15) is 26.5 Å². The third-order valence-corrected chi connectivity index (χ3v) is 2.66. The number of hydrogen-bond acceptors (Lipinski definition) is 2. The molecule has 3 nitrogen and oxygen atoms in total. The number of aromatic nitrogens is 2. The van der Waals surface area contributed by atoms with Crippen molar-refractivity contribution in [3.8, 4) is 0 Å². The van der Waals surface area contributed by atoms with Gasteiger partial charge in [0.1, 0.15) is 5.82 Å². The van der Waals surface area contributed by atoms with Crippen LogP contribution in [0, 0.1) is 5.41 Å². The van der Waals surface area contributed by atoms with E-state index in [1.54, 1.807) is 4.68 Å². The number of nitrogens with zero attached hydrogens (tertiary/aromatic N) is 2. The van der Waals surface area contributed by atoms with Crippen molar-refractivity contribution in [1.29, 1.82) is 0 Å². The van der Waals surface area contributed by atoms with E-state index in [4.69, 9.17) is 5.73 Å². The number of nitrogen functional groups attached to an aromatic ring is 1. The van der Waals surface area contributed by atoms with Crippen LogP contribution in [0.2, 0.25) is 0 Å². The van der Waals surface area contributed by atoms with E-state index in [2.05, 4.69) is 41.8 Å². The van der Waals surface area contributed by atoms with Gasteiger partial charge in [-0.2, -0.15) is 5.10 Å². The number of halogens is 1. The fourth-order valence-corrected chi connectivity index (χ4v) is 1.66. The van der Waals surface area contributed by atoms with Gasteiger partial charge in [-0.1, -0.05) is 20.8 Å². The molecule has 0 unspecified atom stereocenters. The summed E-state index contributed by atoms with van der Waals surface area (Å²) in [5, 5.41) is 4.34. The minimum atomic E-state index is 0.239. The summed E-state index contributed by atoms with van der Waals surface area (Å²) in [5.41, 5.74) is 7.05. The van der Waals surface area contributed by atoms with Gasteiger partial charge in [-0.05, 0) is 27.8 Å². The smallest absolute Gasteiger partial charge is 0.136 e. The molecule has 0 aliphatic heterocycles. The average molecular weight is 246 g/mol. The zero-order chi connectivity index (χ0) is 10.2. The van der Waals surface area contributed by atoms with Crippen molar-refractivity contribution < 1.29 is 0 Å². The molecule has 0 spiro atoms. The largest absolute Gasteiger partial charge is 0.383 e. The maximum absolute atomic E-state index is 5.78. The Morgan fingerprint density at radius 3 is 2.31 bits per heavy atom. The minimum absolute atomic E-state index is 0.239. The fourth-order valence-electron chi connectivity index (χ4n) is 1.18. The molecule has 0 bridgehead atoms. The Balaban J connectivity index is 2.97. The lowest BCUT2D eigenvalue weighted by atomic mass is 9.91. The molecule has 0 amide bonds. The van der Waals surface area contributed by atoms with Crippen molar-refractivity contribution in [1.82, 2.24) is 9.78 Å². The molecular formula is C9H16BrN3. The molecule has 0 saturated heterocycles. The summed E-state index contributed by atoms with van der Waals surface area (Å²) in [5.74, 6) is 0.694. The van der Waals surface area contributed by atoms with Crippen LogP contribution < -0.4 is 5.73 Å². The second-order valence-corrected chi connectivity index (χ2v) is 5.30. The highest BCUT2D eigenvalue weighted by molar-refractivity contribution is 9.10. The third-order valence-electron chi connectivity index (χ3n) is 1.80. The number of rotatable bonds is 1. The number of anilines is 1. The highest BCUT2D eigenvalue weighted by Gasteiger charge is 2.18. The van der Waals surface area contributed by atoms with Gasteiger partial charge in [0.15, 0.2) is 0 Å². The van der Waals surface area contributed by atoms with Crippen LogP contribution in [0.3, 0.4) is 0 Å². The van der Waals surface area contributed by atoms with E-state index in [0.717, 1.165) is 16.6 Å². The molecule has 0 fully saturated rings. The predicted octanol–water partition coefficient (Wildman–Crippen LogP) is 2.35. The van der Waals surface area contributed by atoms with Crippen LogP contribution in [0.5, 0.6) is 0 Å². The van der Waals surface area contributed by atoms with E-state index in [0.29, 0.717) is 5.82 Å². The van der Waals surface area contributed by atoms with E-state index in [-0.39, 0.29) is 5.41 Å². The van der Waals surface area contributed by atoms with E-state index in [1.807, 2.05) is 7.05 Å². The Kier molecular flexibility index (Phi) is 2.71. The van der Waals surface area contributed by atoms with Crippen LogP contribution in [0.25, 0.3) is 0 Å². The van der Waals surface area contributed by atoms with E-state index >= 15 is 0 Å². The summed E-state index contributed by atoms with van der Waals surface area (Å²) in [6.45, 7) is 6.55. The van der Waals surface area contributed by atoms with Gasteiger partial charge in [-0.25, -0.2) is 0 Å². The molecule has 2 N–H and O–H groups in total. The molecule has 1 aromatic rings. The summed E-state index contributed by atoms with van der Waals surface area (Å²) >= 11 is 3.45. The van der Waals surface area contributed by atoms with E-state index in [9.17, 15) is 0 Å². The molecule has 0 radical (unpaired) electrons. The maximum atomic E-state index is 5.78. The second kappa shape index (κ2) is 3.33. The van der Waals surface area contributed by atoms with Gasteiger partial charge >= 0.3 is 0 Å². The molecular weight excluding hydrogens is 230 g/mol. The Hall–Kier alpha value is -0.510. The maximum Gasteiger partial charge on any atom is 0.136 e. The summed E-state index contributed by atoms with van der Waals surface area (Å²) in [6.07, 6.45) is 0.929. The van der Waals surface area contributed by atoms with Crippen molar-refractivity contribution in [2.24, 2.45) is 12.5 Å². The molecule has 0 aromatic carbocycles. The molecule has 13 heavy (non-hydrogen) atoms. The average Bonchev–Trinajstić information content (AvgIpc) is 2.15. The van der Waals surface area contributed by atoms with Gasteiger partial charge in [0.2, 0.25) is 0 Å². The molecule has 1 rings (SSSR count). The predicted molar refractivity (Wildman–Crippen MR) is 58.5 cm³/mol. The van der Waals surface area contributed by atoms with Gasteiger partial charge in [0.25, 0.3) is 0 Å². The summed E-state index contributed by atoms with van der Waals surface area (Å²) < 4.78 is 2.63. The number of nitrogens with two attached hydrogens (primary N) is 1. The van der Waals surface area contributed by atoms with Crippen molar-refractivity contribution in [2.75, 3.05) is 5.73 Å². The third kappa shape index (κ3) is 2.46. The summed E-state index contributed by atoms with van der Waals surface area (Å²) in [7, 11) is 1.85. The van der Waals surface area contributed by atoms with Crippen molar-refractivity contribution in [2.45, 2.75) is 27.2 Å². The fraction of sp³-hybridized carbons (Fsp3) is 0.667. The van der Waals surface area contributed by atoms with Gasteiger partial charge in [0.05, 0.1) is 10.2 Å². The van der Waals surface area contributed by atoms with Gasteiger partial charge in [0, 0.05) is 7.05 Å². The monoisotopic (exact) mass is 245 g/mol. The first-order valence-electron chi connectivity index (χ1n) is 4.28. The highest BCUT2D eigenvalue weighted by Crippen LogP contribution is 2.28. The quantitative estimate of drug-likeness (QED) is 0.826. The summed E-state index contributed by atoms with van der Waals surface area (Å²) in [6, 6.07) is 0. The van der Waals surface area contributed by atoms with Crippen molar-refractivity contribution in [3.05, 3.63) is 10.2 Å². The van der Waals surface area contributed by atoms with Gasteiger partial charge < -0.3 is 5.73 Å². The molecule has 1 heterocycles. The Labute approximate surface area is 87.4 Å². The molecule has 0 saturated carbocycles. The Morgan fingerprint density at radius 1 is 1.46 bits per heavy atom. The topological polar surface area (TPSA) is 43.8 Å². The first-order chi connectivity index (χ1) is 5.81. The lowest BCUT2D eigenvalue weighted by molar-refractivity contribution is 0.404. The SMILES string of the molecule is Cn1nc(CC(C)(C)C)c(Br)c1N. The second-order valence-electron chi connectivity index (χ2n) is 4.51. The lowest BCUT2D eigenvalue weighted by Gasteiger charge is -2.16. The molecule has 74 valence electrons. The highest BCUT2D eigenvalue weighted by atomic mass is 79.9. The summed E-state index contributed by atoms with van der Waals surface area (Å²) in [4.78, 5) is 0. The van der Waals surface area contributed by atoms with Crippen molar-refractivity contribution >= 4 is 21.7 Å². The molecule has 0 aliphatic rings. The zero-order valence-corrected chi connectivity index (χ0v) is 10.1. The number of hydrogen-bond donors (Lipinski definition) is 1. The van der Waals surface area contributed by atoms with Crippen LogP contribution >= 0.6 is 15.9 Å². The van der Waals surface area contributed by atoms with Crippen molar-refractivity contribution in [3.63, 3.8) is 0 Å². The normalized spacial score (nSPS) is 12.1. The molecule has 4 heteroatoms. The van der Waals surface area contributed by atoms with E-state index < -0.39 is 0 Å². The Morgan fingerprint density at radius 2 is 2.00 bits per heavy atom. The minimum Gasteiger partial charge on any atom is -0.383 e. The standard InChI is InChI=1S/C9H16BrN3/c1-9(2,3)5-6-7(10)8(11)13(4)12-6/h5,11H2,1-4H3. The van der Waals surface area contributed by atoms with Crippen LogP contribution in [0.4, 0.5) is 5.82 Å². The van der Waals surface area contributed by atoms with Gasteiger partial charge in [-0.15, -0.1) is 0 Å². The van der Waals surface area contributed by atoms with Crippen LogP contribution in [-0.4, -0.2) is 9.78 Å². The molecule has 0 aliphatic carbocycles. The number of aryl methyl sites for hydroxylation is 1. The molecule has 1 aromatic heterocycles. The van der Waals surface area contributed by atoms with Crippen LogP contribution in [-0.2, 0) is 13.5 Å². The van der Waals surface area contributed by atoms with Crippen LogP contribution in [0.15, 0.2) is 4.47 Å². The van der Waals surface area contributed by atoms with Gasteiger partial charge in [-0.3, -0.25) is 4.68 Å². The first kappa shape index (κ1) is 10.6. The molecule has 0 atom stereocenters. The first-order valence-corrected chi connectivity index (χ1v) is 5.07. The zero-order valence-electron chi connectivity index (χ0n) is 8.56. The Bertz CT molecular complexity index is 309. The van der Waals surface area contributed by atoms with E-state index in [1.165, 1.54) is 0 Å². The lowest BCUT2D eigenvalue weighted by Crippen LogP contribution is -2.10.